The largest absolute Gasteiger partial charge is 0.479 e. The fourth-order valence-electron chi connectivity index (χ4n) is 4.85. The molecule has 1 N–H and O–H groups in total. The third-order valence-corrected chi connectivity index (χ3v) is 7.31. The Morgan fingerprint density at radius 1 is 0.909 bits per heavy atom. The topological polar surface area (TPSA) is 40.5 Å². The van der Waals surface area contributed by atoms with Gasteiger partial charge >= 0.3 is 5.97 Å². The summed E-state index contributed by atoms with van der Waals surface area (Å²) in [6.45, 7) is 11.2. The van der Waals surface area contributed by atoms with Crippen LogP contribution in [-0.2, 0) is 17.9 Å². The van der Waals surface area contributed by atoms with Crippen molar-refractivity contribution in [1.82, 2.24) is 4.90 Å². The second kappa shape index (κ2) is 10.5. The Morgan fingerprint density at radius 3 is 2.03 bits per heavy atom. The lowest BCUT2D eigenvalue weighted by atomic mass is 9.86. The van der Waals surface area contributed by atoms with Crippen LogP contribution in [0.15, 0.2) is 66.7 Å². The predicted octanol–water partition coefficient (Wildman–Crippen LogP) is 7.14. The average Bonchev–Trinajstić information content (AvgIpc) is 2.77. The lowest BCUT2D eigenvalue weighted by molar-refractivity contribution is -0.148. The van der Waals surface area contributed by atoms with E-state index in [9.17, 15) is 9.90 Å². The Balaban J connectivity index is 2.16. The van der Waals surface area contributed by atoms with Crippen LogP contribution in [0.1, 0.15) is 58.2 Å². The summed E-state index contributed by atoms with van der Waals surface area (Å²) in [5.74, 6) is -1.40. The summed E-state index contributed by atoms with van der Waals surface area (Å²) in [7, 11) is 0. The molecule has 0 heterocycles. The lowest BCUT2D eigenvalue weighted by Gasteiger charge is -2.42. The highest BCUT2D eigenvalue weighted by molar-refractivity contribution is 6.34. The minimum atomic E-state index is -1.61. The fourth-order valence-corrected chi connectivity index (χ4v) is 5.25. The number of benzene rings is 3. The summed E-state index contributed by atoms with van der Waals surface area (Å²) < 4.78 is 0. The summed E-state index contributed by atoms with van der Waals surface area (Å²) in [5.41, 5.74) is 7.77. The first-order chi connectivity index (χ1) is 15.7. The molecule has 174 valence electrons. The maximum atomic E-state index is 13.0. The van der Waals surface area contributed by atoms with Crippen molar-refractivity contribution in [2.75, 3.05) is 0 Å². The van der Waals surface area contributed by atoms with E-state index in [0.717, 1.165) is 33.4 Å². The van der Waals surface area contributed by atoms with E-state index in [2.05, 4.69) is 52.0 Å². The number of aliphatic carboxylic acids is 1. The van der Waals surface area contributed by atoms with Gasteiger partial charge in [0.1, 0.15) is 0 Å². The van der Waals surface area contributed by atoms with Gasteiger partial charge in [0.15, 0.2) is 0 Å². The summed E-state index contributed by atoms with van der Waals surface area (Å²) in [5, 5.41) is 10.6. The normalized spacial score (nSPS) is 14.2. The number of nitrogens with zero attached hydrogens (tertiary/aromatic N) is 1. The number of carbonyl (C=O) groups is 1. The molecule has 2 atom stereocenters. The Bertz CT molecular complexity index is 1090. The van der Waals surface area contributed by atoms with Crippen molar-refractivity contribution < 1.29 is 9.90 Å². The maximum Gasteiger partial charge on any atom is 0.340 e. The molecule has 0 aliphatic rings. The molecular formula is C29H34ClNO2. The standard InChI is InChI=1S/C29H34ClNO2/c1-6-27(24-13-8-7-9-14-24)29(30,28(32)33)31(18-25-15-11-10-12-21(25)3)19-26-22(4)16-20(2)17-23(26)5/h7-17,27H,6,18-19H2,1-5H3,(H,32,33)/t27-,29-/m0/s1. The smallest absolute Gasteiger partial charge is 0.340 e. The van der Waals surface area contributed by atoms with E-state index in [4.69, 9.17) is 11.6 Å². The third kappa shape index (κ3) is 5.31. The van der Waals surface area contributed by atoms with Crippen LogP contribution in [0.4, 0.5) is 0 Å². The molecule has 0 aliphatic heterocycles. The first kappa shape index (κ1) is 25.0. The molecule has 0 fully saturated rings. The summed E-state index contributed by atoms with van der Waals surface area (Å²) in [4.78, 5) is 13.3. The van der Waals surface area contributed by atoms with Crippen LogP contribution >= 0.6 is 11.6 Å². The zero-order chi connectivity index (χ0) is 24.2. The summed E-state index contributed by atoms with van der Waals surface area (Å²) in [6.07, 6.45) is 0.607. The van der Waals surface area contributed by atoms with Crippen LogP contribution < -0.4 is 0 Å². The number of carboxylic acid groups (broad SMARTS) is 1. The highest BCUT2D eigenvalue weighted by Gasteiger charge is 2.49. The molecule has 0 spiro atoms. The minimum absolute atomic E-state index is 0.382. The van der Waals surface area contributed by atoms with Crippen LogP contribution in [-0.4, -0.2) is 21.0 Å². The van der Waals surface area contributed by atoms with Crippen LogP contribution in [0.5, 0.6) is 0 Å². The first-order valence-electron chi connectivity index (χ1n) is 11.5. The molecule has 3 nitrogen and oxygen atoms in total. The molecule has 0 saturated heterocycles. The molecule has 0 amide bonds. The monoisotopic (exact) mass is 463 g/mol. The van der Waals surface area contributed by atoms with Gasteiger partial charge in [-0.05, 0) is 67.5 Å². The highest BCUT2D eigenvalue weighted by Crippen LogP contribution is 2.42. The Kier molecular flexibility index (Phi) is 7.99. The summed E-state index contributed by atoms with van der Waals surface area (Å²) in [6, 6.07) is 22.2. The first-order valence-corrected chi connectivity index (χ1v) is 11.9. The van der Waals surface area contributed by atoms with Crippen LogP contribution in [0.3, 0.4) is 0 Å². The van der Waals surface area contributed by atoms with E-state index in [1.54, 1.807) is 0 Å². The van der Waals surface area contributed by atoms with Gasteiger partial charge in [0.25, 0.3) is 0 Å². The van der Waals surface area contributed by atoms with Gasteiger partial charge in [-0.25, -0.2) is 4.79 Å². The van der Waals surface area contributed by atoms with Crippen LogP contribution in [0.2, 0.25) is 0 Å². The van der Waals surface area contributed by atoms with E-state index < -0.39 is 11.0 Å². The zero-order valence-electron chi connectivity index (χ0n) is 20.2. The van der Waals surface area contributed by atoms with Gasteiger partial charge < -0.3 is 5.11 Å². The van der Waals surface area contributed by atoms with Gasteiger partial charge in [0, 0.05) is 19.0 Å². The number of rotatable bonds is 9. The number of carboxylic acids is 1. The molecule has 3 aromatic rings. The molecule has 0 aromatic heterocycles. The number of aryl methyl sites for hydroxylation is 4. The Morgan fingerprint density at radius 2 is 1.48 bits per heavy atom. The molecule has 0 radical (unpaired) electrons. The number of alkyl halides is 1. The van der Waals surface area contributed by atoms with E-state index in [0.29, 0.717) is 19.5 Å². The van der Waals surface area contributed by atoms with E-state index in [1.807, 2.05) is 54.3 Å². The van der Waals surface area contributed by atoms with Crippen molar-refractivity contribution >= 4 is 17.6 Å². The fraction of sp³-hybridized carbons (Fsp3) is 0.345. The molecule has 4 heteroatoms. The minimum Gasteiger partial charge on any atom is -0.479 e. The van der Waals surface area contributed by atoms with E-state index in [1.165, 1.54) is 5.56 Å². The predicted molar refractivity (Wildman–Crippen MR) is 137 cm³/mol. The lowest BCUT2D eigenvalue weighted by Crippen LogP contribution is -2.53. The van der Waals surface area contributed by atoms with E-state index in [-0.39, 0.29) is 5.92 Å². The Hall–Kier alpha value is -2.62. The van der Waals surface area contributed by atoms with Gasteiger partial charge in [0.05, 0.1) is 0 Å². The molecule has 3 aromatic carbocycles. The quantitative estimate of drug-likeness (QED) is 0.271. The maximum absolute atomic E-state index is 13.0. The SMILES string of the molecule is CC[C@@H](c1ccccc1)[C@@](Cl)(C(=O)O)N(Cc1ccccc1C)Cc1c(C)cc(C)cc1C. The van der Waals surface area contributed by atoms with Gasteiger partial charge in [-0.15, -0.1) is 0 Å². The van der Waals surface area contributed by atoms with Gasteiger partial charge in [-0.3, -0.25) is 4.90 Å². The number of hydrogen-bond acceptors (Lipinski definition) is 2. The number of hydrogen-bond donors (Lipinski definition) is 1. The van der Waals surface area contributed by atoms with Crippen molar-refractivity contribution in [3.8, 4) is 0 Å². The molecule has 33 heavy (non-hydrogen) atoms. The van der Waals surface area contributed by atoms with Gasteiger partial charge in [0.2, 0.25) is 5.00 Å². The van der Waals surface area contributed by atoms with E-state index >= 15 is 0 Å². The highest BCUT2D eigenvalue weighted by atomic mass is 35.5. The average molecular weight is 464 g/mol. The third-order valence-electron chi connectivity index (χ3n) is 6.64. The summed E-state index contributed by atoms with van der Waals surface area (Å²) >= 11 is 7.26. The van der Waals surface area contributed by atoms with Crippen molar-refractivity contribution in [2.45, 2.75) is 65.0 Å². The van der Waals surface area contributed by atoms with Crippen molar-refractivity contribution in [3.63, 3.8) is 0 Å². The molecular weight excluding hydrogens is 430 g/mol. The second-order valence-electron chi connectivity index (χ2n) is 9.01. The molecule has 0 unspecified atom stereocenters. The molecule has 3 rings (SSSR count). The Labute approximate surface area is 203 Å². The second-order valence-corrected chi connectivity index (χ2v) is 9.59. The zero-order valence-corrected chi connectivity index (χ0v) is 21.0. The molecule has 0 saturated carbocycles. The van der Waals surface area contributed by atoms with Crippen LogP contribution in [0, 0.1) is 27.7 Å². The van der Waals surface area contributed by atoms with Crippen molar-refractivity contribution in [2.24, 2.45) is 0 Å². The molecule has 0 bridgehead atoms. The van der Waals surface area contributed by atoms with Crippen molar-refractivity contribution in [1.29, 1.82) is 0 Å². The molecule has 0 aliphatic carbocycles. The van der Waals surface area contributed by atoms with Crippen molar-refractivity contribution in [3.05, 3.63) is 106 Å². The number of halogens is 1. The van der Waals surface area contributed by atoms with Gasteiger partial charge in [-0.1, -0.05) is 90.8 Å². The van der Waals surface area contributed by atoms with Gasteiger partial charge in [-0.2, -0.15) is 0 Å². The van der Waals surface area contributed by atoms with Crippen LogP contribution in [0.25, 0.3) is 0 Å².